The fourth-order valence-corrected chi connectivity index (χ4v) is 4.61. The van der Waals surface area contributed by atoms with Gasteiger partial charge in [0.1, 0.15) is 12.6 Å². The van der Waals surface area contributed by atoms with Gasteiger partial charge in [0.2, 0.25) is 0 Å². The Balaban J connectivity index is 1.36. The molecule has 0 aliphatic rings. The molecule has 0 heterocycles. The number of halogens is 2. The molecular weight excluding hydrogens is 521 g/mol. The standard InChI is InChI=1S/C31H35Cl2NO4/c1-22(2)16-29(31(36)38-21-25-6-4-3-5-7-25)34-14-12-30(35)37-15-13-23-8-10-24(11-9-23)17-26-18-27(32)20-28(33)19-26/h3-11,18-20,22,29,34H,12-17,21H2,1-2H3/t29-/m0/s1. The molecule has 0 aliphatic carbocycles. The van der Waals surface area contributed by atoms with E-state index in [1.807, 2.05) is 68.4 Å². The summed E-state index contributed by atoms with van der Waals surface area (Å²) in [6.07, 6.45) is 2.18. The molecule has 0 radical (unpaired) electrons. The molecule has 1 atom stereocenters. The zero-order valence-corrected chi connectivity index (χ0v) is 23.4. The number of hydrogen-bond donors (Lipinski definition) is 1. The van der Waals surface area contributed by atoms with Gasteiger partial charge in [-0.15, -0.1) is 0 Å². The first-order chi connectivity index (χ1) is 18.3. The highest BCUT2D eigenvalue weighted by Gasteiger charge is 2.21. The molecule has 202 valence electrons. The van der Waals surface area contributed by atoms with Gasteiger partial charge in [-0.25, -0.2) is 0 Å². The summed E-state index contributed by atoms with van der Waals surface area (Å²) in [6.45, 7) is 4.98. The Kier molecular flexibility index (Phi) is 12.1. The second kappa shape index (κ2) is 15.5. The van der Waals surface area contributed by atoms with Crippen LogP contribution in [0.2, 0.25) is 10.0 Å². The predicted molar refractivity (Wildman–Crippen MR) is 152 cm³/mol. The van der Waals surface area contributed by atoms with Crippen molar-refractivity contribution in [3.05, 3.63) is 105 Å². The molecule has 1 N–H and O–H groups in total. The Labute approximate surface area is 235 Å². The van der Waals surface area contributed by atoms with Gasteiger partial charge in [-0.1, -0.05) is 91.6 Å². The third kappa shape index (κ3) is 10.9. The molecule has 7 heteroatoms. The number of esters is 2. The fourth-order valence-electron chi connectivity index (χ4n) is 4.04. The molecule has 0 saturated carbocycles. The molecule has 0 aliphatic heterocycles. The van der Waals surface area contributed by atoms with Gasteiger partial charge in [0.25, 0.3) is 0 Å². The van der Waals surface area contributed by atoms with Crippen LogP contribution in [-0.4, -0.2) is 31.1 Å². The highest BCUT2D eigenvalue weighted by atomic mass is 35.5. The van der Waals surface area contributed by atoms with Crippen molar-refractivity contribution in [3.8, 4) is 0 Å². The van der Waals surface area contributed by atoms with Crippen molar-refractivity contribution in [2.45, 2.75) is 52.2 Å². The quantitative estimate of drug-likeness (QED) is 0.221. The molecule has 0 aromatic heterocycles. The summed E-state index contributed by atoms with van der Waals surface area (Å²) in [5.74, 6) is -0.302. The summed E-state index contributed by atoms with van der Waals surface area (Å²) >= 11 is 12.2. The summed E-state index contributed by atoms with van der Waals surface area (Å²) in [6, 6.07) is 22.8. The Morgan fingerprint density at radius 3 is 2.13 bits per heavy atom. The van der Waals surface area contributed by atoms with E-state index in [9.17, 15) is 9.59 Å². The predicted octanol–water partition coefficient (Wildman–Crippen LogP) is 6.81. The summed E-state index contributed by atoms with van der Waals surface area (Å²) in [5, 5.41) is 4.42. The van der Waals surface area contributed by atoms with E-state index >= 15 is 0 Å². The lowest BCUT2D eigenvalue weighted by Gasteiger charge is -2.19. The van der Waals surface area contributed by atoms with Gasteiger partial charge >= 0.3 is 11.9 Å². The van der Waals surface area contributed by atoms with E-state index in [0.717, 1.165) is 28.7 Å². The van der Waals surface area contributed by atoms with E-state index < -0.39 is 6.04 Å². The Morgan fingerprint density at radius 1 is 0.816 bits per heavy atom. The SMILES string of the molecule is CC(C)C[C@H](NCCC(=O)OCCc1ccc(Cc2cc(Cl)cc(Cl)c2)cc1)C(=O)OCc1ccccc1. The van der Waals surface area contributed by atoms with Gasteiger partial charge in [-0.3, -0.25) is 9.59 Å². The highest BCUT2D eigenvalue weighted by molar-refractivity contribution is 6.34. The van der Waals surface area contributed by atoms with Crippen LogP contribution in [0.1, 0.15) is 48.9 Å². The molecular formula is C31H35Cl2NO4. The molecule has 0 saturated heterocycles. The van der Waals surface area contributed by atoms with Crippen molar-refractivity contribution in [1.82, 2.24) is 5.32 Å². The van der Waals surface area contributed by atoms with Gasteiger partial charge in [0, 0.05) is 23.0 Å². The van der Waals surface area contributed by atoms with Crippen LogP contribution in [0, 0.1) is 5.92 Å². The van der Waals surface area contributed by atoms with Gasteiger partial charge in [0.05, 0.1) is 13.0 Å². The van der Waals surface area contributed by atoms with Gasteiger partial charge in [0.15, 0.2) is 0 Å². The van der Waals surface area contributed by atoms with E-state index in [-0.39, 0.29) is 25.0 Å². The molecule has 0 amide bonds. The Bertz CT molecular complexity index is 1150. The average molecular weight is 557 g/mol. The molecule has 5 nitrogen and oxygen atoms in total. The minimum Gasteiger partial charge on any atom is -0.465 e. The van der Waals surface area contributed by atoms with Crippen LogP contribution >= 0.6 is 23.2 Å². The minimum absolute atomic E-state index is 0.182. The van der Waals surface area contributed by atoms with Crippen molar-refractivity contribution in [2.24, 2.45) is 5.92 Å². The monoisotopic (exact) mass is 555 g/mol. The van der Waals surface area contributed by atoms with Crippen LogP contribution in [0.5, 0.6) is 0 Å². The summed E-state index contributed by atoms with van der Waals surface area (Å²) in [7, 11) is 0. The zero-order valence-electron chi connectivity index (χ0n) is 21.9. The lowest BCUT2D eigenvalue weighted by molar-refractivity contribution is -0.149. The van der Waals surface area contributed by atoms with Crippen LogP contribution in [0.25, 0.3) is 0 Å². The molecule has 0 unspecified atom stereocenters. The number of carbonyl (C=O) groups excluding carboxylic acids is 2. The molecule has 0 bridgehead atoms. The Morgan fingerprint density at radius 2 is 1.47 bits per heavy atom. The molecule has 0 spiro atoms. The van der Waals surface area contributed by atoms with Crippen molar-refractivity contribution in [2.75, 3.05) is 13.2 Å². The van der Waals surface area contributed by atoms with Crippen molar-refractivity contribution < 1.29 is 19.1 Å². The third-order valence-corrected chi connectivity index (χ3v) is 6.38. The van der Waals surface area contributed by atoms with Crippen LogP contribution in [-0.2, 0) is 38.5 Å². The lowest BCUT2D eigenvalue weighted by atomic mass is 10.0. The minimum atomic E-state index is -0.465. The first-order valence-electron chi connectivity index (χ1n) is 12.9. The van der Waals surface area contributed by atoms with Gasteiger partial charge in [-0.05, 0) is 59.2 Å². The van der Waals surface area contributed by atoms with Gasteiger partial charge in [-0.2, -0.15) is 0 Å². The first-order valence-corrected chi connectivity index (χ1v) is 13.7. The smallest absolute Gasteiger partial charge is 0.323 e. The number of nitrogens with one attached hydrogen (secondary N) is 1. The molecule has 3 aromatic rings. The van der Waals surface area contributed by atoms with Crippen LogP contribution in [0.15, 0.2) is 72.8 Å². The van der Waals surface area contributed by atoms with Gasteiger partial charge < -0.3 is 14.8 Å². The maximum Gasteiger partial charge on any atom is 0.323 e. The summed E-state index contributed by atoms with van der Waals surface area (Å²) in [5.41, 5.74) is 4.22. The lowest BCUT2D eigenvalue weighted by Crippen LogP contribution is -2.40. The molecule has 38 heavy (non-hydrogen) atoms. The second-order valence-corrected chi connectivity index (χ2v) is 10.6. The van der Waals surface area contributed by atoms with E-state index in [4.69, 9.17) is 32.7 Å². The maximum atomic E-state index is 12.6. The van der Waals surface area contributed by atoms with E-state index in [0.29, 0.717) is 42.0 Å². The van der Waals surface area contributed by atoms with E-state index in [1.165, 1.54) is 0 Å². The molecule has 0 fully saturated rings. The van der Waals surface area contributed by atoms with Crippen LogP contribution in [0.4, 0.5) is 0 Å². The summed E-state index contributed by atoms with van der Waals surface area (Å²) < 4.78 is 10.9. The van der Waals surface area contributed by atoms with E-state index in [2.05, 4.69) is 17.4 Å². The fraction of sp³-hybridized carbons (Fsp3) is 0.355. The Hall–Kier alpha value is -2.86. The molecule has 3 aromatic carbocycles. The number of benzene rings is 3. The first kappa shape index (κ1) is 29.7. The number of hydrogen-bond acceptors (Lipinski definition) is 5. The van der Waals surface area contributed by atoms with Crippen LogP contribution in [0.3, 0.4) is 0 Å². The highest BCUT2D eigenvalue weighted by Crippen LogP contribution is 2.21. The van der Waals surface area contributed by atoms with Crippen LogP contribution < -0.4 is 5.32 Å². The topological polar surface area (TPSA) is 64.6 Å². The molecule has 3 rings (SSSR count). The third-order valence-electron chi connectivity index (χ3n) is 5.94. The number of rotatable bonds is 14. The number of carbonyl (C=O) groups is 2. The largest absolute Gasteiger partial charge is 0.465 e. The number of ether oxygens (including phenoxy) is 2. The maximum absolute atomic E-state index is 12.6. The zero-order chi connectivity index (χ0) is 27.3. The second-order valence-electron chi connectivity index (χ2n) is 9.72. The van der Waals surface area contributed by atoms with E-state index in [1.54, 1.807) is 6.07 Å². The normalized spacial score (nSPS) is 11.8. The average Bonchev–Trinajstić information content (AvgIpc) is 2.87. The van der Waals surface area contributed by atoms with Crippen molar-refractivity contribution in [3.63, 3.8) is 0 Å². The van der Waals surface area contributed by atoms with Crippen molar-refractivity contribution >= 4 is 35.1 Å². The summed E-state index contributed by atoms with van der Waals surface area (Å²) in [4.78, 5) is 24.8. The van der Waals surface area contributed by atoms with Crippen molar-refractivity contribution in [1.29, 1.82) is 0 Å².